The van der Waals surface area contributed by atoms with Gasteiger partial charge in [-0.25, -0.2) is 4.79 Å². The Morgan fingerprint density at radius 3 is 2.41 bits per heavy atom. The third-order valence-corrected chi connectivity index (χ3v) is 2.95. The molecule has 0 saturated carbocycles. The molecular weight excluding hydrogens is 288 g/mol. The van der Waals surface area contributed by atoms with Gasteiger partial charge in [0.05, 0.1) is 5.97 Å². The Balaban J connectivity index is 2.34. The van der Waals surface area contributed by atoms with Gasteiger partial charge in [0, 0.05) is 6.54 Å². The van der Waals surface area contributed by atoms with Crippen LogP contribution in [0.25, 0.3) is 6.08 Å². The smallest absolute Gasteiger partial charge is 0.331 e. The molecule has 0 aliphatic carbocycles. The van der Waals surface area contributed by atoms with Gasteiger partial charge in [0.15, 0.2) is 0 Å². The number of urea groups is 1. The maximum absolute atomic E-state index is 12.1. The molecule has 0 bridgehead atoms. The lowest BCUT2D eigenvalue weighted by Crippen LogP contribution is -2.54. The van der Waals surface area contributed by atoms with Gasteiger partial charge in [0.25, 0.3) is 11.8 Å². The highest BCUT2D eigenvalue weighted by Crippen LogP contribution is 2.15. The van der Waals surface area contributed by atoms with E-state index in [2.05, 4.69) is 11.9 Å². The molecule has 1 fully saturated rings. The number of rotatable bonds is 4. The first-order chi connectivity index (χ1) is 10.4. The summed E-state index contributed by atoms with van der Waals surface area (Å²) in [5, 5.41) is 12.7. The fourth-order valence-electron chi connectivity index (χ4n) is 1.87. The van der Waals surface area contributed by atoms with Crippen LogP contribution in [0, 0.1) is 0 Å². The molecule has 0 spiro atoms. The molecule has 4 amide bonds. The highest BCUT2D eigenvalue weighted by atomic mass is 16.4. The first-order valence-corrected chi connectivity index (χ1v) is 6.25. The van der Waals surface area contributed by atoms with E-state index in [-0.39, 0.29) is 17.7 Å². The van der Waals surface area contributed by atoms with Crippen molar-refractivity contribution < 1.29 is 24.3 Å². The van der Waals surface area contributed by atoms with Gasteiger partial charge in [-0.15, -0.1) is 6.58 Å². The van der Waals surface area contributed by atoms with Crippen LogP contribution in [0.3, 0.4) is 0 Å². The number of carbonyl (C=O) groups is 4. The van der Waals surface area contributed by atoms with Crippen molar-refractivity contribution in [3.05, 3.63) is 53.6 Å². The number of carboxylic acid groups (broad SMARTS) is 1. The molecule has 0 radical (unpaired) electrons. The molecule has 0 atom stereocenters. The lowest BCUT2D eigenvalue weighted by Gasteiger charge is -2.25. The van der Waals surface area contributed by atoms with Gasteiger partial charge in [-0.3, -0.25) is 19.8 Å². The van der Waals surface area contributed by atoms with Crippen LogP contribution in [0.1, 0.15) is 15.9 Å². The first-order valence-electron chi connectivity index (χ1n) is 6.25. The fraction of sp³-hybridized carbons (Fsp3) is 0.0667. The largest absolute Gasteiger partial charge is 0.545 e. The number of hydrogen-bond donors (Lipinski definition) is 1. The van der Waals surface area contributed by atoms with Gasteiger partial charge in [0.1, 0.15) is 5.57 Å². The predicted octanol–water partition coefficient (Wildman–Crippen LogP) is -0.302. The maximum atomic E-state index is 12.1. The van der Waals surface area contributed by atoms with E-state index >= 15 is 0 Å². The molecule has 1 N–H and O–H groups in total. The number of amides is 4. The summed E-state index contributed by atoms with van der Waals surface area (Å²) in [7, 11) is 0. The summed E-state index contributed by atoms with van der Waals surface area (Å²) in [5.41, 5.74) is 0.198. The SMILES string of the molecule is C=CCN1C(=O)NC(=O)/C(=C/c2ccc(C(=O)[O-])cc2)C1=O. The molecule has 0 unspecified atom stereocenters. The van der Waals surface area contributed by atoms with Crippen LogP contribution < -0.4 is 10.4 Å². The Hall–Kier alpha value is -3.22. The summed E-state index contributed by atoms with van der Waals surface area (Å²) in [6, 6.07) is 4.62. The van der Waals surface area contributed by atoms with Crippen molar-refractivity contribution in [1.29, 1.82) is 0 Å². The molecule has 1 aromatic carbocycles. The Morgan fingerprint density at radius 1 is 1.23 bits per heavy atom. The Kier molecular flexibility index (Phi) is 4.17. The van der Waals surface area contributed by atoms with Crippen molar-refractivity contribution in [2.45, 2.75) is 0 Å². The minimum absolute atomic E-state index is 0.0231. The summed E-state index contributed by atoms with van der Waals surface area (Å²) in [4.78, 5) is 47.0. The van der Waals surface area contributed by atoms with E-state index in [9.17, 15) is 24.3 Å². The standard InChI is InChI=1S/C15H12N2O5/c1-2-7-17-13(19)11(12(18)16-15(17)22)8-9-3-5-10(6-4-9)14(20)21/h2-6,8H,1,7H2,(H,20,21)(H,16,18,22)/p-1/b11-8-. The van der Waals surface area contributed by atoms with E-state index in [1.165, 1.54) is 36.4 Å². The summed E-state index contributed by atoms with van der Waals surface area (Å²) in [6.45, 7) is 3.41. The van der Waals surface area contributed by atoms with Gasteiger partial charge in [0.2, 0.25) is 0 Å². The zero-order chi connectivity index (χ0) is 16.3. The molecule has 1 heterocycles. The fourth-order valence-corrected chi connectivity index (χ4v) is 1.87. The highest BCUT2D eigenvalue weighted by Gasteiger charge is 2.34. The van der Waals surface area contributed by atoms with Gasteiger partial charge in [-0.05, 0) is 17.2 Å². The van der Waals surface area contributed by atoms with E-state index in [1.807, 2.05) is 0 Å². The van der Waals surface area contributed by atoms with Crippen molar-refractivity contribution in [3.8, 4) is 0 Å². The third kappa shape index (κ3) is 2.93. The maximum Gasteiger partial charge on any atom is 0.331 e. The summed E-state index contributed by atoms with van der Waals surface area (Å²) in [6.07, 6.45) is 2.64. The van der Waals surface area contributed by atoms with E-state index in [1.54, 1.807) is 0 Å². The van der Waals surface area contributed by atoms with Crippen LogP contribution in [-0.4, -0.2) is 35.3 Å². The zero-order valence-electron chi connectivity index (χ0n) is 11.4. The molecular formula is C15H11N2O5-. The molecule has 1 saturated heterocycles. The number of carboxylic acids is 1. The number of nitrogens with zero attached hydrogens (tertiary/aromatic N) is 1. The van der Waals surface area contributed by atoms with Crippen LogP contribution in [0.2, 0.25) is 0 Å². The average Bonchev–Trinajstić information content (AvgIpc) is 2.48. The zero-order valence-corrected chi connectivity index (χ0v) is 11.4. The van der Waals surface area contributed by atoms with Gasteiger partial charge >= 0.3 is 6.03 Å². The molecule has 0 aromatic heterocycles. The molecule has 112 valence electrons. The van der Waals surface area contributed by atoms with Crippen molar-refractivity contribution >= 4 is 29.9 Å². The number of aromatic carboxylic acids is 1. The quantitative estimate of drug-likeness (QED) is 0.466. The summed E-state index contributed by atoms with van der Waals surface area (Å²) >= 11 is 0. The minimum atomic E-state index is -1.33. The summed E-state index contributed by atoms with van der Waals surface area (Å²) < 4.78 is 0. The number of hydrogen-bond acceptors (Lipinski definition) is 5. The average molecular weight is 299 g/mol. The Bertz CT molecular complexity index is 703. The second-order valence-corrected chi connectivity index (χ2v) is 4.43. The van der Waals surface area contributed by atoms with Gasteiger partial charge in [-0.1, -0.05) is 30.3 Å². The third-order valence-electron chi connectivity index (χ3n) is 2.95. The number of benzene rings is 1. The molecule has 7 heteroatoms. The molecule has 1 aliphatic heterocycles. The van der Waals surface area contributed by atoms with Crippen LogP contribution in [0.15, 0.2) is 42.5 Å². The summed E-state index contributed by atoms with van der Waals surface area (Å²) in [5.74, 6) is -2.87. The second-order valence-electron chi connectivity index (χ2n) is 4.43. The number of carbonyl (C=O) groups excluding carboxylic acids is 4. The molecule has 7 nitrogen and oxygen atoms in total. The molecule has 1 aliphatic rings. The molecule has 2 rings (SSSR count). The van der Waals surface area contributed by atoms with Crippen molar-refractivity contribution in [3.63, 3.8) is 0 Å². The van der Waals surface area contributed by atoms with E-state index in [0.717, 1.165) is 4.90 Å². The van der Waals surface area contributed by atoms with E-state index in [0.29, 0.717) is 5.56 Å². The van der Waals surface area contributed by atoms with Crippen LogP contribution >= 0.6 is 0 Å². The van der Waals surface area contributed by atoms with Crippen molar-refractivity contribution in [2.75, 3.05) is 6.54 Å². The highest BCUT2D eigenvalue weighted by molar-refractivity contribution is 6.31. The lowest BCUT2D eigenvalue weighted by molar-refractivity contribution is -0.255. The van der Waals surface area contributed by atoms with E-state index < -0.39 is 23.8 Å². The topological polar surface area (TPSA) is 107 Å². The Morgan fingerprint density at radius 2 is 1.86 bits per heavy atom. The lowest BCUT2D eigenvalue weighted by atomic mass is 10.1. The van der Waals surface area contributed by atoms with Crippen molar-refractivity contribution in [1.82, 2.24) is 10.2 Å². The van der Waals surface area contributed by atoms with Gasteiger partial charge in [-0.2, -0.15) is 0 Å². The predicted molar refractivity (Wildman–Crippen MR) is 74.2 cm³/mol. The van der Waals surface area contributed by atoms with Gasteiger partial charge < -0.3 is 9.90 Å². The second kappa shape index (κ2) is 6.04. The number of nitrogens with one attached hydrogen (secondary N) is 1. The first kappa shape index (κ1) is 15.2. The van der Waals surface area contributed by atoms with Crippen LogP contribution in [-0.2, 0) is 9.59 Å². The Labute approximate surface area is 125 Å². The molecule has 1 aromatic rings. The van der Waals surface area contributed by atoms with E-state index in [4.69, 9.17) is 0 Å². The number of barbiturate groups is 1. The van der Waals surface area contributed by atoms with Crippen LogP contribution in [0.5, 0.6) is 0 Å². The van der Waals surface area contributed by atoms with Crippen LogP contribution in [0.4, 0.5) is 4.79 Å². The van der Waals surface area contributed by atoms with Crippen molar-refractivity contribution in [2.24, 2.45) is 0 Å². The molecule has 22 heavy (non-hydrogen) atoms. The normalized spacial score (nSPS) is 16.6. The minimum Gasteiger partial charge on any atom is -0.545 e. The monoisotopic (exact) mass is 299 g/mol. The number of imide groups is 2.